The second kappa shape index (κ2) is 5.82. The fraction of sp³-hybridized carbons (Fsp3) is 0.462. The number of amides is 1. The molecule has 1 amide bonds. The van der Waals surface area contributed by atoms with Gasteiger partial charge in [0.05, 0.1) is 18.2 Å². The molecule has 1 aliphatic heterocycles. The number of carbonyl (C=O) groups is 1. The Hall–Kier alpha value is -0.910. The molecule has 0 aliphatic carbocycles. The molecule has 3 N–H and O–H groups in total. The number of rotatable bonds is 3. The molecule has 1 aliphatic rings. The van der Waals surface area contributed by atoms with Gasteiger partial charge in [0, 0.05) is 11.0 Å². The van der Waals surface area contributed by atoms with Gasteiger partial charge in [0.1, 0.15) is 0 Å². The van der Waals surface area contributed by atoms with Crippen molar-refractivity contribution >= 4 is 21.8 Å². The molecule has 1 heterocycles. The second-order valence-electron chi connectivity index (χ2n) is 4.63. The van der Waals surface area contributed by atoms with Crippen LogP contribution in [0.5, 0.6) is 0 Å². The third-order valence-electron chi connectivity index (χ3n) is 3.15. The summed E-state index contributed by atoms with van der Waals surface area (Å²) in [5.41, 5.74) is 1.06. The molecule has 1 aromatic carbocycles. The first-order chi connectivity index (χ1) is 8.56. The van der Waals surface area contributed by atoms with Crippen LogP contribution in [0.1, 0.15) is 24.9 Å². The quantitative estimate of drug-likeness (QED) is 0.789. The summed E-state index contributed by atoms with van der Waals surface area (Å²) in [6.45, 7) is 2.44. The van der Waals surface area contributed by atoms with Gasteiger partial charge in [0.25, 0.3) is 0 Å². The monoisotopic (exact) mass is 312 g/mol. The van der Waals surface area contributed by atoms with E-state index < -0.39 is 6.10 Å². The SMILES string of the molecule is CC(NC(=O)C1CC(O)CN1)c1ccc(Br)cc1. The van der Waals surface area contributed by atoms with Crippen molar-refractivity contribution < 1.29 is 9.90 Å². The molecule has 3 unspecified atom stereocenters. The average Bonchev–Trinajstić information content (AvgIpc) is 2.76. The topological polar surface area (TPSA) is 61.4 Å². The van der Waals surface area contributed by atoms with Crippen LogP contribution < -0.4 is 10.6 Å². The second-order valence-corrected chi connectivity index (χ2v) is 5.55. The maximum absolute atomic E-state index is 11.9. The van der Waals surface area contributed by atoms with Gasteiger partial charge in [-0.2, -0.15) is 0 Å². The molecule has 0 bridgehead atoms. The molecule has 0 saturated carbocycles. The van der Waals surface area contributed by atoms with Crippen molar-refractivity contribution in [1.82, 2.24) is 10.6 Å². The van der Waals surface area contributed by atoms with E-state index in [0.717, 1.165) is 10.0 Å². The number of aliphatic hydroxyl groups is 1. The van der Waals surface area contributed by atoms with E-state index in [1.807, 2.05) is 31.2 Å². The van der Waals surface area contributed by atoms with Crippen LogP contribution in [0.25, 0.3) is 0 Å². The Morgan fingerprint density at radius 2 is 2.17 bits per heavy atom. The number of aliphatic hydroxyl groups excluding tert-OH is 1. The Bertz CT molecular complexity index is 422. The van der Waals surface area contributed by atoms with Crippen molar-refractivity contribution in [2.24, 2.45) is 0 Å². The standard InChI is InChI=1S/C13H17BrN2O2/c1-8(9-2-4-10(14)5-3-9)16-13(18)12-6-11(17)7-15-12/h2-5,8,11-12,15,17H,6-7H2,1H3,(H,16,18). The zero-order valence-electron chi connectivity index (χ0n) is 10.2. The number of hydrogen-bond acceptors (Lipinski definition) is 3. The number of hydrogen-bond donors (Lipinski definition) is 3. The van der Waals surface area contributed by atoms with Gasteiger partial charge in [-0.15, -0.1) is 0 Å². The largest absolute Gasteiger partial charge is 0.392 e. The van der Waals surface area contributed by atoms with Crippen molar-refractivity contribution in [1.29, 1.82) is 0 Å². The lowest BCUT2D eigenvalue weighted by molar-refractivity contribution is -0.123. The van der Waals surface area contributed by atoms with Crippen LogP contribution in [0.2, 0.25) is 0 Å². The summed E-state index contributed by atoms with van der Waals surface area (Å²) in [7, 11) is 0. The van der Waals surface area contributed by atoms with Gasteiger partial charge in [-0.3, -0.25) is 4.79 Å². The molecular formula is C13H17BrN2O2. The zero-order chi connectivity index (χ0) is 13.1. The highest BCUT2D eigenvalue weighted by Gasteiger charge is 2.28. The number of nitrogens with one attached hydrogen (secondary N) is 2. The normalized spacial score (nSPS) is 24.8. The maximum atomic E-state index is 11.9. The van der Waals surface area contributed by atoms with Gasteiger partial charge < -0.3 is 15.7 Å². The Labute approximate surface area is 115 Å². The Balaban J connectivity index is 1.92. The molecule has 1 saturated heterocycles. The molecule has 5 heteroatoms. The predicted octanol–water partition coefficient (Wildman–Crippen LogP) is 1.35. The molecule has 2 rings (SSSR count). The summed E-state index contributed by atoms with van der Waals surface area (Å²) in [6, 6.07) is 7.55. The Kier molecular flexibility index (Phi) is 4.37. The van der Waals surface area contributed by atoms with Crippen molar-refractivity contribution in [2.75, 3.05) is 6.54 Å². The van der Waals surface area contributed by atoms with E-state index >= 15 is 0 Å². The summed E-state index contributed by atoms with van der Waals surface area (Å²) in [6.07, 6.45) is 0.0718. The summed E-state index contributed by atoms with van der Waals surface area (Å²) in [5, 5.41) is 15.3. The van der Waals surface area contributed by atoms with E-state index in [0.29, 0.717) is 13.0 Å². The molecule has 98 valence electrons. The lowest BCUT2D eigenvalue weighted by atomic mass is 10.1. The Morgan fingerprint density at radius 3 is 2.72 bits per heavy atom. The minimum absolute atomic E-state index is 0.0369. The van der Waals surface area contributed by atoms with E-state index in [-0.39, 0.29) is 18.0 Å². The maximum Gasteiger partial charge on any atom is 0.237 e. The highest BCUT2D eigenvalue weighted by molar-refractivity contribution is 9.10. The van der Waals surface area contributed by atoms with E-state index in [4.69, 9.17) is 0 Å². The van der Waals surface area contributed by atoms with Crippen LogP contribution in [0.4, 0.5) is 0 Å². The van der Waals surface area contributed by atoms with Crippen molar-refractivity contribution in [3.63, 3.8) is 0 Å². The third-order valence-corrected chi connectivity index (χ3v) is 3.68. The lowest BCUT2D eigenvalue weighted by Gasteiger charge is -2.17. The number of β-amino-alcohol motifs (C(OH)–C–C–N with tert-alkyl or cyclic N) is 1. The summed E-state index contributed by atoms with van der Waals surface area (Å²) < 4.78 is 1.02. The summed E-state index contributed by atoms with van der Waals surface area (Å²) in [4.78, 5) is 11.9. The van der Waals surface area contributed by atoms with E-state index in [1.165, 1.54) is 0 Å². The molecule has 3 atom stereocenters. The van der Waals surface area contributed by atoms with Crippen LogP contribution in [-0.4, -0.2) is 29.7 Å². The minimum Gasteiger partial charge on any atom is -0.392 e. The van der Waals surface area contributed by atoms with Gasteiger partial charge in [0.2, 0.25) is 5.91 Å². The highest BCUT2D eigenvalue weighted by Crippen LogP contribution is 2.17. The summed E-state index contributed by atoms with van der Waals surface area (Å²) in [5.74, 6) is -0.0537. The van der Waals surface area contributed by atoms with Gasteiger partial charge in [-0.25, -0.2) is 0 Å². The number of halogens is 1. The van der Waals surface area contributed by atoms with Crippen molar-refractivity contribution in [3.8, 4) is 0 Å². The van der Waals surface area contributed by atoms with Crippen LogP contribution in [0.15, 0.2) is 28.7 Å². The fourth-order valence-corrected chi connectivity index (χ4v) is 2.33. The van der Waals surface area contributed by atoms with Gasteiger partial charge >= 0.3 is 0 Å². The predicted molar refractivity (Wildman–Crippen MR) is 73.1 cm³/mol. The highest BCUT2D eigenvalue weighted by atomic mass is 79.9. The van der Waals surface area contributed by atoms with E-state index in [9.17, 15) is 9.90 Å². The van der Waals surface area contributed by atoms with E-state index in [2.05, 4.69) is 26.6 Å². The van der Waals surface area contributed by atoms with Crippen molar-refractivity contribution in [2.45, 2.75) is 31.5 Å². The third kappa shape index (κ3) is 3.31. The zero-order valence-corrected chi connectivity index (χ0v) is 11.8. The molecule has 18 heavy (non-hydrogen) atoms. The summed E-state index contributed by atoms with van der Waals surface area (Å²) >= 11 is 3.38. The first-order valence-electron chi connectivity index (χ1n) is 6.03. The fourth-order valence-electron chi connectivity index (χ4n) is 2.07. The van der Waals surface area contributed by atoms with E-state index in [1.54, 1.807) is 0 Å². The lowest BCUT2D eigenvalue weighted by Crippen LogP contribution is -2.41. The number of benzene rings is 1. The van der Waals surface area contributed by atoms with Crippen LogP contribution in [0, 0.1) is 0 Å². The van der Waals surface area contributed by atoms with Crippen LogP contribution in [0.3, 0.4) is 0 Å². The number of carbonyl (C=O) groups excluding carboxylic acids is 1. The van der Waals surface area contributed by atoms with Gasteiger partial charge in [-0.1, -0.05) is 28.1 Å². The molecule has 1 fully saturated rings. The molecule has 0 aromatic heterocycles. The van der Waals surface area contributed by atoms with Crippen LogP contribution in [-0.2, 0) is 4.79 Å². The molecular weight excluding hydrogens is 296 g/mol. The average molecular weight is 313 g/mol. The van der Waals surface area contributed by atoms with Crippen molar-refractivity contribution in [3.05, 3.63) is 34.3 Å². The minimum atomic E-state index is -0.413. The van der Waals surface area contributed by atoms with Crippen LogP contribution >= 0.6 is 15.9 Å². The first kappa shape index (κ1) is 13.5. The van der Waals surface area contributed by atoms with Gasteiger partial charge in [-0.05, 0) is 31.0 Å². The Morgan fingerprint density at radius 1 is 1.50 bits per heavy atom. The molecule has 1 aromatic rings. The molecule has 0 radical (unpaired) electrons. The molecule has 4 nitrogen and oxygen atoms in total. The smallest absolute Gasteiger partial charge is 0.237 e. The molecule has 0 spiro atoms. The first-order valence-corrected chi connectivity index (χ1v) is 6.83. The van der Waals surface area contributed by atoms with Gasteiger partial charge in [0.15, 0.2) is 0 Å².